The number of aliphatic hydroxyl groups is 1. The lowest BCUT2D eigenvalue weighted by molar-refractivity contribution is 0.0465. The van der Waals surface area contributed by atoms with Gasteiger partial charge in [0.15, 0.2) is 0 Å². The van der Waals surface area contributed by atoms with Gasteiger partial charge in [0.05, 0.1) is 23.7 Å². The lowest BCUT2D eigenvalue weighted by Crippen LogP contribution is -2.37. The molecule has 1 aliphatic carbocycles. The van der Waals surface area contributed by atoms with Crippen molar-refractivity contribution >= 4 is 5.69 Å². The van der Waals surface area contributed by atoms with Crippen molar-refractivity contribution in [1.29, 1.82) is 0 Å². The Labute approximate surface area is 109 Å². The van der Waals surface area contributed by atoms with Crippen LogP contribution in [0.25, 0.3) is 0 Å². The van der Waals surface area contributed by atoms with Crippen LogP contribution in [0, 0.1) is 5.92 Å². The van der Waals surface area contributed by atoms with E-state index in [1.807, 2.05) is 12.3 Å². The molecule has 18 heavy (non-hydrogen) atoms. The quantitative estimate of drug-likeness (QED) is 0.833. The Morgan fingerprint density at radius 1 is 1.50 bits per heavy atom. The van der Waals surface area contributed by atoms with Crippen LogP contribution in [0.5, 0.6) is 0 Å². The number of hydrogen-bond donors (Lipinski definition) is 2. The molecule has 0 amide bonds. The first-order valence-electron chi connectivity index (χ1n) is 6.71. The molecular formula is C14H23N3O. The Morgan fingerprint density at radius 2 is 2.22 bits per heavy atom. The maximum Gasteiger partial charge on any atom is 0.0572 e. The predicted octanol–water partition coefficient (Wildman–Crippen LogP) is 1.70. The molecule has 0 saturated heterocycles. The van der Waals surface area contributed by atoms with Crippen LogP contribution in [-0.4, -0.2) is 29.8 Å². The zero-order chi connectivity index (χ0) is 13.1. The number of aliphatic hydroxyl groups excluding tert-OH is 1. The molecule has 0 bridgehead atoms. The number of hydrogen-bond acceptors (Lipinski definition) is 4. The monoisotopic (exact) mass is 249 g/mol. The molecule has 1 fully saturated rings. The van der Waals surface area contributed by atoms with Gasteiger partial charge in [-0.05, 0) is 37.3 Å². The summed E-state index contributed by atoms with van der Waals surface area (Å²) < 4.78 is 0. The summed E-state index contributed by atoms with van der Waals surface area (Å²) in [5.41, 5.74) is 8.01. The van der Waals surface area contributed by atoms with Crippen molar-refractivity contribution < 1.29 is 5.11 Å². The fraction of sp³-hybridized carbons (Fsp3) is 0.643. The molecule has 0 spiro atoms. The van der Waals surface area contributed by atoms with Gasteiger partial charge in [0.2, 0.25) is 0 Å². The fourth-order valence-corrected chi connectivity index (χ4v) is 2.39. The number of rotatable bonds is 5. The van der Waals surface area contributed by atoms with Crippen molar-refractivity contribution in [2.24, 2.45) is 11.7 Å². The maximum atomic E-state index is 9.28. The first kappa shape index (κ1) is 13.3. The molecule has 1 unspecified atom stereocenters. The van der Waals surface area contributed by atoms with Crippen LogP contribution in [0.2, 0.25) is 0 Å². The Balaban J connectivity index is 1.92. The summed E-state index contributed by atoms with van der Waals surface area (Å²) in [7, 11) is 2.07. The second-order valence-corrected chi connectivity index (χ2v) is 5.33. The number of anilines is 1. The first-order valence-corrected chi connectivity index (χ1v) is 6.71. The van der Waals surface area contributed by atoms with Gasteiger partial charge in [-0.1, -0.05) is 6.92 Å². The van der Waals surface area contributed by atoms with Crippen molar-refractivity contribution in [1.82, 2.24) is 4.98 Å². The van der Waals surface area contributed by atoms with Gasteiger partial charge < -0.3 is 15.7 Å². The molecule has 1 atom stereocenters. The lowest BCUT2D eigenvalue weighted by Gasteiger charge is -2.35. The average Bonchev–Trinajstić information content (AvgIpc) is 2.36. The van der Waals surface area contributed by atoms with E-state index in [2.05, 4.69) is 29.9 Å². The highest BCUT2D eigenvalue weighted by Crippen LogP contribution is 2.29. The van der Waals surface area contributed by atoms with E-state index in [-0.39, 0.29) is 12.1 Å². The van der Waals surface area contributed by atoms with Gasteiger partial charge in [-0.25, -0.2) is 0 Å². The van der Waals surface area contributed by atoms with Crippen LogP contribution in [-0.2, 0) is 0 Å². The Kier molecular flexibility index (Phi) is 4.19. The third kappa shape index (κ3) is 3.00. The van der Waals surface area contributed by atoms with Gasteiger partial charge in [-0.3, -0.25) is 4.98 Å². The van der Waals surface area contributed by atoms with Gasteiger partial charge in [0.1, 0.15) is 0 Å². The summed E-state index contributed by atoms with van der Waals surface area (Å²) in [4.78, 5) is 6.62. The summed E-state index contributed by atoms with van der Waals surface area (Å²) in [5.74, 6) is 0.613. The van der Waals surface area contributed by atoms with E-state index in [0.717, 1.165) is 37.2 Å². The van der Waals surface area contributed by atoms with E-state index in [0.29, 0.717) is 5.92 Å². The topological polar surface area (TPSA) is 62.4 Å². The van der Waals surface area contributed by atoms with Crippen LogP contribution >= 0.6 is 0 Å². The Bertz CT molecular complexity index is 373. The molecule has 4 nitrogen and oxygen atoms in total. The highest BCUT2D eigenvalue weighted by molar-refractivity contribution is 5.44. The van der Waals surface area contributed by atoms with Crippen LogP contribution in [0.3, 0.4) is 0 Å². The van der Waals surface area contributed by atoms with Crippen molar-refractivity contribution in [3.05, 3.63) is 24.0 Å². The fourth-order valence-electron chi connectivity index (χ4n) is 2.39. The van der Waals surface area contributed by atoms with E-state index in [9.17, 15) is 5.11 Å². The van der Waals surface area contributed by atoms with Crippen molar-refractivity contribution in [3.63, 3.8) is 0 Å². The molecule has 100 valence electrons. The molecule has 1 aliphatic rings. The SMILES string of the molecule is CCC(N)c1ccc(N(C)CC2CC(O)C2)cn1. The van der Waals surface area contributed by atoms with E-state index >= 15 is 0 Å². The average molecular weight is 249 g/mol. The maximum absolute atomic E-state index is 9.28. The normalized spacial score (nSPS) is 24.4. The molecule has 0 radical (unpaired) electrons. The van der Waals surface area contributed by atoms with Gasteiger partial charge in [0.25, 0.3) is 0 Å². The van der Waals surface area contributed by atoms with E-state index in [1.165, 1.54) is 0 Å². The number of pyridine rings is 1. The zero-order valence-electron chi connectivity index (χ0n) is 11.2. The largest absolute Gasteiger partial charge is 0.393 e. The van der Waals surface area contributed by atoms with Crippen molar-refractivity contribution in [2.45, 2.75) is 38.3 Å². The van der Waals surface area contributed by atoms with Gasteiger partial charge in [-0.15, -0.1) is 0 Å². The molecule has 1 aromatic rings. The molecule has 3 N–H and O–H groups in total. The van der Waals surface area contributed by atoms with E-state index in [1.54, 1.807) is 0 Å². The van der Waals surface area contributed by atoms with Gasteiger partial charge >= 0.3 is 0 Å². The van der Waals surface area contributed by atoms with Crippen LogP contribution in [0.15, 0.2) is 18.3 Å². The Morgan fingerprint density at radius 3 is 2.72 bits per heavy atom. The van der Waals surface area contributed by atoms with Crippen LogP contribution in [0.1, 0.15) is 37.9 Å². The molecule has 0 aromatic carbocycles. The Hall–Kier alpha value is -1.13. The second-order valence-electron chi connectivity index (χ2n) is 5.33. The van der Waals surface area contributed by atoms with Crippen LogP contribution in [0.4, 0.5) is 5.69 Å². The molecule has 4 heteroatoms. The minimum absolute atomic E-state index is 0.0335. The summed E-state index contributed by atoms with van der Waals surface area (Å²) >= 11 is 0. The first-order chi connectivity index (χ1) is 8.60. The smallest absolute Gasteiger partial charge is 0.0572 e. The number of nitrogens with two attached hydrogens (primary N) is 1. The van der Waals surface area contributed by atoms with Crippen molar-refractivity contribution in [2.75, 3.05) is 18.5 Å². The van der Waals surface area contributed by atoms with Crippen molar-refractivity contribution in [3.8, 4) is 0 Å². The molecule has 1 aromatic heterocycles. The predicted molar refractivity (Wildman–Crippen MR) is 73.5 cm³/mol. The minimum Gasteiger partial charge on any atom is -0.393 e. The molecule has 1 heterocycles. The van der Waals surface area contributed by atoms with E-state index in [4.69, 9.17) is 5.73 Å². The summed E-state index contributed by atoms with van der Waals surface area (Å²) in [5, 5.41) is 9.28. The third-order valence-electron chi connectivity index (χ3n) is 3.77. The van der Waals surface area contributed by atoms with Gasteiger partial charge in [-0.2, -0.15) is 0 Å². The number of aromatic nitrogens is 1. The lowest BCUT2D eigenvalue weighted by atomic mass is 9.82. The summed E-state index contributed by atoms with van der Waals surface area (Å²) in [6, 6.07) is 4.12. The van der Waals surface area contributed by atoms with E-state index < -0.39 is 0 Å². The molecule has 2 rings (SSSR count). The molecular weight excluding hydrogens is 226 g/mol. The summed E-state index contributed by atoms with van der Waals surface area (Å²) in [6.07, 6.45) is 4.57. The minimum atomic E-state index is -0.0774. The third-order valence-corrected chi connectivity index (χ3v) is 3.77. The second kappa shape index (κ2) is 5.67. The standard InChI is InChI=1S/C14H23N3O/c1-3-13(15)14-5-4-11(8-16-14)17(2)9-10-6-12(18)7-10/h4-5,8,10,12-13,18H,3,6-7,9,15H2,1-2H3. The van der Waals surface area contributed by atoms with Crippen LogP contribution < -0.4 is 10.6 Å². The highest BCUT2D eigenvalue weighted by atomic mass is 16.3. The summed E-state index contributed by atoms with van der Waals surface area (Å²) in [6.45, 7) is 3.05. The molecule has 0 aliphatic heterocycles. The molecule has 1 saturated carbocycles. The number of nitrogens with zero attached hydrogens (tertiary/aromatic N) is 2. The van der Waals surface area contributed by atoms with Gasteiger partial charge in [0, 0.05) is 19.6 Å². The highest BCUT2D eigenvalue weighted by Gasteiger charge is 2.28. The zero-order valence-corrected chi connectivity index (χ0v) is 11.2.